The van der Waals surface area contributed by atoms with E-state index in [1.54, 1.807) is 23.2 Å². The molecule has 0 saturated heterocycles. The van der Waals surface area contributed by atoms with Gasteiger partial charge < -0.3 is 5.32 Å². The SMILES string of the molecule is CCCNCc1cc(S(=O)(=O)NCC(C)(C)SC)cs1. The topological polar surface area (TPSA) is 58.2 Å². The Morgan fingerprint density at radius 2 is 2.10 bits per heavy atom. The Kier molecular flexibility index (Phi) is 7.00. The van der Waals surface area contributed by atoms with E-state index >= 15 is 0 Å². The standard InChI is InChI=1S/C13H24N2O2S3/c1-5-6-14-8-11-7-12(9-19-11)20(16,17)15-10-13(2,3)18-4/h7,9,14-15H,5-6,8,10H2,1-4H3. The summed E-state index contributed by atoms with van der Waals surface area (Å²) in [5.74, 6) is 0. The second kappa shape index (κ2) is 7.79. The third-order valence-corrected chi connectivity index (χ3v) is 6.62. The Morgan fingerprint density at radius 1 is 1.40 bits per heavy atom. The first-order valence-corrected chi connectivity index (χ1v) is 10.2. The number of hydrogen-bond acceptors (Lipinski definition) is 5. The van der Waals surface area contributed by atoms with Gasteiger partial charge in [-0.25, -0.2) is 13.1 Å². The lowest BCUT2D eigenvalue weighted by atomic mass is 10.2. The van der Waals surface area contributed by atoms with Gasteiger partial charge in [0.2, 0.25) is 10.0 Å². The first kappa shape index (κ1) is 18.0. The summed E-state index contributed by atoms with van der Waals surface area (Å²) in [6.07, 6.45) is 3.05. The largest absolute Gasteiger partial charge is 0.312 e. The average molecular weight is 337 g/mol. The van der Waals surface area contributed by atoms with Gasteiger partial charge in [-0.2, -0.15) is 11.8 Å². The van der Waals surface area contributed by atoms with E-state index in [-0.39, 0.29) is 4.75 Å². The van der Waals surface area contributed by atoms with E-state index in [9.17, 15) is 8.42 Å². The maximum atomic E-state index is 12.2. The predicted octanol–water partition coefficient (Wildman–Crippen LogP) is 2.67. The lowest BCUT2D eigenvalue weighted by Crippen LogP contribution is -2.35. The molecule has 0 aromatic carbocycles. The van der Waals surface area contributed by atoms with E-state index in [0.29, 0.717) is 11.4 Å². The molecule has 0 fully saturated rings. The molecule has 0 aliphatic heterocycles. The molecule has 0 radical (unpaired) electrons. The Balaban J connectivity index is 2.64. The van der Waals surface area contributed by atoms with Crippen LogP contribution in [0.4, 0.5) is 0 Å². The molecule has 1 rings (SSSR count). The summed E-state index contributed by atoms with van der Waals surface area (Å²) in [6, 6.07) is 1.75. The summed E-state index contributed by atoms with van der Waals surface area (Å²) in [5, 5.41) is 4.98. The van der Waals surface area contributed by atoms with Gasteiger partial charge >= 0.3 is 0 Å². The molecule has 0 spiro atoms. The fourth-order valence-electron chi connectivity index (χ4n) is 1.41. The third-order valence-electron chi connectivity index (χ3n) is 2.91. The third kappa shape index (κ3) is 5.73. The highest BCUT2D eigenvalue weighted by atomic mass is 32.2. The second-order valence-corrected chi connectivity index (χ2v) is 9.49. The highest BCUT2D eigenvalue weighted by Gasteiger charge is 2.22. The quantitative estimate of drug-likeness (QED) is 0.681. The predicted molar refractivity (Wildman–Crippen MR) is 89.1 cm³/mol. The molecule has 0 saturated carbocycles. The van der Waals surface area contributed by atoms with Gasteiger partial charge in [-0.1, -0.05) is 6.92 Å². The Labute approximate surface area is 130 Å². The highest BCUT2D eigenvalue weighted by molar-refractivity contribution is 8.00. The number of rotatable bonds is 9. The van der Waals surface area contributed by atoms with Crippen molar-refractivity contribution in [1.82, 2.24) is 10.0 Å². The van der Waals surface area contributed by atoms with E-state index < -0.39 is 10.0 Å². The zero-order valence-corrected chi connectivity index (χ0v) is 15.0. The van der Waals surface area contributed by atoms with Crippen molar-refractivity contribution in [2.45, 2.75) is 43.4 Å². The Hall–Kier alpha value is -0.0800. The van der Waals surface area contributed by atoms with Crippen molar-refractivity contribution in [2.24, 2.45) is 0 Å². The maximum absolute atomic E-state index is 12.2. The lowest BCUT2D eigenvalue weighted by molar-refractivity contribution is 0.571. The van der Waals surface area contributed by atoms with Gasteiger partial charge in [0, 0.05) is 28.1 Å². The first-order valence-electron chi connectivity index (χ1n) is 6.63. The smallest absolute Gasteiger partial charge is 0.241 e. The molecular formula is C13H24N2O2S3. The number of hydrogen-bond donors (Lipinski definition) is 2. The average Bonchev–Trinajstić information content (AvgIpc) is 2.87. The number of thioether (sulfide) groups is 1. The molecule has 4 nitrogen and oxygen atoms in total. The van der Waals surface area contributed by atoms with Crippen molar-refractivity contribution in [2.75, 3.05) is 19.3 Å². The van der Waals surface area contributed by atoms with Crippen molar-refractivity contribution in [1.29, 1.82) is 0 Å². The first-order chi connectivity index (χ1) is 9.30. The fraction of sp³-hybridized carbons (Fsp3) is 0.692. The summed E-state index contributed by atoms with van der Waals surface area (Å²) in [4.78, 5) is 1.41. The minimum absolute atomic E-state index is 0.103. The van der Waals surface area contributed by atoms with Crippen LogP contribution in [0.5, 0.6) is 0 Å². The van der Waals surface area contributed by atoms with E-state index in [0.717, 1.165) is 24.4 Å². The lowest BCUT2D eigenvalue weighted by Gasteiger charge is -2.21. The van der Waals surface area contributed by atoms with Crippen LogP contribution >= 0.6 is 23.1 Å². The van der Waals surface area contributed by atoms with Crippen LogP contribution in [0.15, 0.2) is 16.3 Å². The number of nitrogens with one attached hydrogen (secondary N) is 2. The van der Waals surface area contributed by atoms with Crippen LogP contribution in [0.2, 0.25) is 0 Å². The zero-order chi connectivity index (χ0) is 15.2. The van der Waals surface area contributed by atoms with Gasteiger partial charge in [-0.3, -0.25) is 0 Å². The molecule has 7 heteroatoms. The van der Waals surface area contributed by atoms with Gasteiger partial charge in [-0.15, -0.1) is 11.3 Å². The van der Waals surface area contributed by atoms with E-state index in [1.807, 2.05) is 20.1 Å². The number of thiophene rings is 1. The molecule has 1 aromatic heterocycles. The van der Waals surface area contributed by atoms with E-state index in [4.69, 9.17) is 0 Å². The Bertz CT molecular complexity index is 509. The molecule has 0 atom stereocenters. The minimum atomic E-state index is -3.39. The molecule has 1 aromatic rings. The van der Waals surface area contributed by atoms with Crippen LogP contribution < -0.4 is 10.0 Å². The normalized spacial score (nSPS) is 12.8. The summed E-state index contributed by atoms with van der Waals surface area (Å²) in [5.41, 5.74) is 0. The monoisotopic (exact) mass is 336 g/mol. The van der Waals surface area contributed by atoms with E-state index in [1.165, 1.54) is 11.3 Å². The summed E-state index contributed by atoms with van der Waals surface area (Å²) in [7, 11) is -3.39. The zero-order valence-electron chi connectivity index (χ0n) is 12.5. The molecule has 1 heterocycles. The molecule has 0 amide bonds. The summed E-state index contributed by atoms with van der Waals surface area (Å²) >= 11 is 3.13. The van der Waals surface area contributed by atoms with Crippen molar-refractivity contribution in [3.8, 4) is 0 Å². The van der Waals surface area contributed by atoms with Crippen molar-refractivity contribution < 1.29 is 8.42 Å². The molecule has 20 heavy (non-hydrogen) atoms. The molecule has 2 N–H and O–H groups in total. The van der Waals surface area contributed by atoms with Gasteiger partial charge in [-0.05, 0) is 39.1 Å². The van der Waals surface area contributed by atoms with Crippen LogP contribution in [0.3, 0.4) is 0 Å². The molecule has 0 aliphatic rings. The maximum Gasteiger partial charge on any atom is 0.241 e. The molecule has 0 bridgehead atoms. The highest BCUT2D eigenvalue weighted by Crippen LogP contribution is 2.22. The molecule has 0 unspecified atom stereocenters. The summed E-state index contributed by atoms with van der Waals surface area (Å²) < 4.78 is 27.0. The van der Waals surface area contributed by atoms with Crippen molar-refractivity contribution in [3.63, 3.8) is 0 Å². The van der Waals surface area contributed by atoms with E-state index in [2.05, 4.69) is 17.0 Å². The second-order valence-electron chi connectivity index (χ2n) is 5.21. The Morgan fingerprint density at radius 3 is 2.70 bits per heavy atom. The van der Waals surface area contributed by atoms with Gasteiger partial charge in [0.1, 0.15) is 0 Å². The van der Waals surface area contributed by atoms with Gasteiger partial charge in [0.05, 0.1) is 4.90 Å². The van der Waals surface area contributed by atoms with Crippen molar-refractivity contribution >= 4 is 33.1 Å². The van der Waals surface area contributed by atoms with Crippen LogP contribution in [0.25, 0.3) is 0 Å². The van der Waals surface area contributed by atoms with Crippen LogP contribution in [0, 0.1) is 0 Å². The molecular weight excluding hydrogens is 312 g/mol. The fourth-order valence-corrected chi connectivity index (χ4v) is 4.17. The van der Waals surface area contributed by atoms with Crippen LogP contribution in [0.1, 0.15) is 32.1 Å². The molecule has 116 valence electrons. The van der Waals surface area contributed by atoms with Crippen molar-refractivity contribution in [3.05, 3.63) is 16.3 Å². The summed E-state index contributed by atoms with van der Waals surface area (Å²) in [6.45, 7) is 8.25. The van der Waals surface area contributed by atoms with Crippen LogP contribution in [-0.2, 0) is 16.6 Å². The van der Waals surface area contributed by atoms with Gasteiger partial charge in [0.25, 0.3) is 0 Å². The van der Waals surface area contributed by atoms with Gasteiger partial charge in [0.15, 0.2) is 0 Å². The minimum Gasteiger partial charge on any atom is -0.312 e. The number of sulfonamides is 1. The van der Waals surface area contributed by atoms with Crippen LogP contribution in [-0.4, -0.2) is 32.5 Å². The molecule has 0 aliphatic carbocycles.